The second kappa shape index (κ2) is 8.24. The van der Waals surface area contributed by atoms with E-state index >= 15 is 0 Å². The normalized spacial score (nSPS) is 13.4. The Labute approximate surface area is 158 Å². The van der Waals surface area contributed by atoms with Crippen LogP contribution in [0.5, 0.6) is 0 Å². The Morgan fingerprint density at radius 3 is 2.46 bits per heavy atom. The van der Waals surface area contributed by atoms with Crippen molar-refractivity contribution < 1.29 is 13.2 Å². The summed E-state index contributed by atoms with van der Waals surface area (Å²) in [5.41, 5.74) is 0.552. The van der Waals surface area contributed by atoms with Gasteiger partial charge in [0.15, 0.2) is 0 Å². The summed E-state index contributed by atoms with van der Waals surface area (Å²) in [5, 5.41) is 10.2. The van der Waals surface area contributed by atoms with E-state index in [0.29, 0.717) is 6.42 Å². The summed E-state index contributed by atoms with van der Waals surface area (Å²) in [5.74, 6) is -0.248. The number of aryl methyl sites for hydroxylation is 1. The third-order valence-electron chi connectivity index (χ3n) is 3.60. The molecule has 1 aromatic heterocycles. The van der Waals surface area contributed by atoms with Crippen LogP contribution in [0.3, 0.4) is 0 Å². The van der Waals surface area contributed by atoms with Crippen LogP contribution in [0.2, 0.25) is 0 Å². The van der Waals surface area contributed by atoms with Crippen molar-refractivity contribution in [2.45, 2.75) is 50.9 Å². The van der Waals surface area contributed by atoms with Crippen molar-refractivity contribution in [3.63, 3.8) is 0 Å². The highest BCUT2D eigenvalue weighted by atomic mass is 32.2. The Balaban J connectivity index is 1.96. The van der Waals surface area contributed by atoms with Crippen molar-refractivity contribution in [1.82, 2.24) is 14.9 Å². The van der Waals surface area contributed by atoms with Crippen LogP contribution >= 0.6 is 11.3 Å². The minimum atomic E-state index is -3.77. The SMILES string of the molecule is CC(CCc1ccccc1)NS(=O)(=O)c1nnc(NC(=O)C(C)(C)C)s1. The lowest BCUT2D eigenvalue weighted by atomic mass is 9.96. The van der Waals surface area contributed by atoms with Gasteiger partial charge in [0.1, 0.15) is 0 Å². The maximum atomic E-state index is 12.4. The Kier molecular flexibility index (Phi) is 6.48. The zero-order chi connectivity index (χ0) is 19.4. The van der Waals surface area contributed by atoms with Gasteiger partial charge in [0.25, 0.3) is 10.0 Å². The average molecular weight is 397 g/mol. The predicted octanol–water partition coefficient (Wildman–Crippen LogP) is 2.82. The second-order valence-corrected chi connectivity index (χ2v) is 9.99. The van der Waals surface area contributed by atoms with Gasteiger partial charge in [-0.15, -0.1) is 10.2 Å². The van der Waals surface area contributed by atoms with Crippen molar-refractivity contribution in [2.75, 3.05) is 5.32 Å². The van der Waals surface area contributed by atoms with E-state index in [1.807, 2.05) is 37.3 Å². The molecule has 0 aliphatic carbocycles. The van der Waals surface area contributed by atoms with Crippen molar-refractivity contribution in [1.29, 1.82) is 0 Å². The summed E-state index contributed by atoms with van der Waals surface area (Å²) in [7, 11) is -3.77. The molecule has 0 aliphatic rings. The summed E-state index contributed by atoms with van der Waals surface area (Å²) in [4.78, 5) is 12.0. The van der Waals surface area contributed by atoms with Crippen LogP contribution < -0.4 is 10.0 Å². The molecule has 142 valence electrons. The molecule has 1 atom stereocenters. The summed E-state index contributed by atoms with van der Waals surface area (Å²) in [6, 6.07) is 9.63. The molecule has 0 radical (unpaired) electrons. The number of anilines is 1. The van der Waals surface area contributed by atoms with Gasteiger partial charge in [0.2, 0.25) is 15.4 Å². The number of carbonyl (C=O) groups is 1. The predicted molar refractivity (Wildman–Crippen MR) is 103 cm³/mol. The number of sulfonamides is 1. The van der Waals surface area contributed by atoms with Crippen molar-refractivity contribution in [3.05, 3.63) is 35.9 Å². The molecule has 2 aromatic rings. The number of nitrogens with zero attached hydrogens (tertiary/aromatic N) is 2. The van der Waals surface area contributed by atoms with Crippen LogP contribution in [0.15, 0.2) is 34.7 Å². The van der Waals surface area contributed by atoms with Crippen LogP contribution in [0.4, 0.5) is 5.13 Å². The molecule has 1 aromatic carbocycles. The molecule has 9 heteroatoms. The Bertz CT molecular complexity index is 842. The fraction of sp³-hybridized carbons (Fsp3) is 0.471. The fourth-order valence-electron chi connectivity index (χ4n) is 2.06. The number of aromatic nitrogens is 2. The van der Waals surface area contributed by atoms with Crippen LogP contribution in [0.25, 0.3) is 0 Å². The Hall–Kier alpha value is -1.84. The molecular formula is C17H24N4O3S2. The van der Waals surface area contributed by atoms with Gasteiger partial charge in [-0.2, -0.15) is 0 Å². The molecule has 7 nitrogen and oxygen atoms in total. The average Bonchev–Trinajstić information content (AvgIpc) is 3.02. The molecular weight excluding hydrogens is 372 g/mol. The lowest BCUT2D eigenvalue weighted by Gasteiger charge is -2.15. The van der Waals surface area contributed by atoms with Crippen LogP contribution in [0.1, 0.15) is 39.7 Å². The lowest BCUT2D eigenvalue weighted by molar-refractivity contribution is -0.123. The minimum Gasteiger partial charge on any atom is -0.300 e. The Morgan fingerprint density at radius 2 is 1.85 bits per heavy atom. The molecule has 0 fully saturated rings. The first kappa shape index (κ1) is 20.5. The Morgan fingerprint density at radius 1 is 1.19 bits per heavy atom. The topological polar surface area (TPSA) is 101 Å². The fourth-order valence-corrected chi connectivity index (χ4v) is 4.24. The van der Waals surface area contributed by atoms with E-state index in [4.69, 9.17) is 0 Å². The van der Waals surface area contributed by atoms with Crippen LogP contribution in [-0.4, -0.2) is 30.6 Å². The second-order valence-electron chi connectivity index (χ2n) is 7.12. The standard InChI is InChI=1S/C17H24N4O3S2/c1-12(10-11-13-8-6-5-7-9-13)21-26(23,24)16-20-19-15(25-16)18-14(22)17(2,3)4/h5-9,12,21H,10-11H2,1-4H3,(H,18,19,22). The van der Waals surface area contributed by atoms with Crippen molar-refractivity contribution in [3.8, 4) is 0 Å². The third kappa shape index (κ3) is 5.86. The summed E-state index contributed by atoms with van der Waals surface area (Å²) in [6.07, 6.45) is 1.43. The highest BCUT2D eigenvalue weighted by Crippen LogP contribution is 2.23. The number of hydrogen-bond acceptors (Lipinski definition) is 6. The molecule has 0 saturated heterocycles. The van der Waals surface area contributed by atoms with Crippen molar-refractivity contribution in [2.24, 2.45) is 5.41 Å². The van der Waals surface area contributed by atoms with Crippen molar-refractivity contribution >= 4 is 32.4 Å². The zero-order valence-electron chi connectivity index (χ0n) is 15.3. The van der Waals surface area contributed by atoms with E-state index in [-0.39, 0.29) is 21.4 Å². The van der Waals surface area contributed by atoms with Crippen LogP contribution in [-0.2, 0) is 21.2 Å². The lowest BCUT2D eigenvalue weighted by Crippen LogP contribution is -2.32. The highest BCUT2D eigenvalue weighted by Gasteiger charge is 2.26. The van der Waals surface area contributed by atoms with E-state index in [2.05, 4.69) is 20.2 Å². The minimum absolute atomic E-state index is 0.159. The smallest absolute Gasteiger partial charge is 0.270 e. The number of hydrogen-bond donors (Lipinski definition) is 2. The molecule has 2 rings (SSSR count). The molecule has 0 bridgehead atoms. The van der Waals surface area contributed by atoms with Gasteiger partial charge in [-0.05, 0) is 25.3 Å². The number of nitrogens with one attached hydrogen (secondary N) is 2. The highest BCUT2D eigenvalue weighted by molar-refractivity contribution is 7.91. The number of amides is 1. The number of rotatable bonds is 7. The molecule has 26 heavy (non-hydrogen) atoms. The maximum Gasteiger partial charge on any atom is 0.270 e. The molecule has 1 heterocycles. The summed E-state index contributed by atoms with van der Waals surface area (Å²) in [6.45, 7) is 7.09. The van der Waals surface area contributed by atoms with E-state index < -0.39 is 15.4 Å². The first-order valence-corrected chi connectivity index (χ1v) is 10.6. The largest absolute Gasteiger partial charge is 0.300 e. The van der Waals surface area contributed by atoms with Gasteiger partial charge >= 0.3 is 0 Å². The first-order valence-electron chi connectivity index (χ1n) is 8.29. The van der Waals surface area contributed by atoms with Gasteiger partial charge in [-0.25, -0.2) is 13.1 Å². The van der Waals surface area contributed by atoms with Gasteiger partial charge < -0.3 is 5.32 Å². The number of carbonyl (C=O) groups excluding carboxylic acids is 1. The van der Waals surface area contributed by atoms with E-state index in [1.165, 1.54) is 0 Å². The van der Waals surface area contributed by atoms with E-state index in [0.717, 1.165) is 23.3 Å². The molecule has 1 amide bonds. The first-order chi connectivity index (χ1) is 12.1. The molecule has 0 aliphatic heterocycles. The zero-order valence-corrected chi connectivity index (χ0v) is 16.9. The van der Waals surface area contributed by atoms with Gasteiger partial charge in [0, 0.05) is 11.5 Å². The molecule has 2 N–H and O–H groups in total. The molecule has 0 spiro atoms. The van der Waals surface area contributed by atoms with E-state index in [1.54, 1.807) is 20.8 Å². The van der Waals surface area contributed by atoms with Crippen LogP contribution in [0, 0.1) is 5.41 Å². The van der Waals surface area contributed by atoms with Gasteiger partial charge in [0.05, 0.1) is 0 Å². The van der Waals surface area contributed by atoms with Gasteiger partial charge in [-0.1, -0.05) is 62.4 Å². The number of benzene rings is 1. The molecule has 0 saturated carbocycles. The summed E-state index contributed by atoms with van der Waals surface area (Å²) >= 11 is 0.836. The summed E-state index contributed by atoms with van der Waals surface area (Å²) < 4.78 is 27.3. The van der Waals surface area contributed by atoms with Gasteiger partial charge in [-0.3, -0.25) is 4.79 Å². The monoisotopic (exact) mass is 396 g/mol. The van der Waals surface area contributed by atoms with E-state index in [9.17, 15) is 13.2 Å². The quantitative estimate of drug-likeness (QED) is 0.701. The third-order valence-corrected chi connectivity index (χ3v) is 6.40. The maximum absolute atomic E-state index is 12.4. The molecule has 1 unspecified atom stereocenters.